The average molecular weight is 361 g/mol. The molecule has 7 heteroatoms. The number of amides is 2. The smallest absolute Gasteiger partial charge is 0.244 e. The van der Waals surface area contributed by atoms with Crippen molar-refractivity contribution in [2.75, 3.05) is 13.1 Å². The highest BCUT2D eigenvalue weighted by molar-refractivity contribution is 5.89. The van der Waals surface area contributed by atoms with Gasteiger partial charge in [0.05, 0.1) is 11.7 Å². The molecule has 2 aliphatic rings. The third-order valence-corrected chi connectivity index (χ3v) is 5.49. The van der Waals surface area contributed by atoms with Gasteiger partial charge >= 0.3 is 0 Å². The molecule has 0 aromatic carbocycles. The highest BCUT2D eigenvalue weighted by atomic mass is 16.2. The maximum absolute atomic E-state index is 12.8. The van der Waals surface area contributed by atoms with E-state index < -0.39 is 6.04 Å². The molecule has 7 nitrogen and oxygen atoms in total. The lowest BCUT2D eigenvalue weighted by Gasteiger charge is -2.32. The number of hydrogen-bond acceptors (Lipinski definition) is 4. The van der Waals surface area contributed by atoms with E-state index in [9.17, 15) is 9.59 Å². The van der Waals surface area contributed by atoms with E-state index in [1.54, 1.807) is 0 Å². The quantitative estimate of drug-likeness (QED) is 0.828. The van der Waals surface area contributed by atoms with Crippen molar-refractivity contribution in [2.45, 2.75) is 71.1 Å². The zero-order valence-corrected chi connectivity index (χ0v) is 16.1. The Hall–Kier alpha value is -1.89. The molecule has 1 unspecified atom stereocenters. The van der Waals surface area contributed by atoms with Crippen LogP contribution in [0.15, 0.2) is 12.4 Å². The summed E-state index contributed by atoms with van der Waals surface area (Å²) in [4.78, 5) is 27.3. The average Bonchev–Trinajstić information content (AvgIpc) is 3.20. The van der Waals surface area contributed by atoms with E-state index in [2.05, 4.69) is 33.8 Å². The first-order valence-corrected chi connectivity index (χ1v) is 9.77. The monoisotopic (exact) mass is 361 g/mol. The lowest BCUT2D eigenvalue weighted by Crippen LogP contribution is -2.54. The Morgan fingerprint density at radius 3 is 2.77 bits per heavy atom. The van der Waals surface area contributed by atoms with Crippen LogP contribution in [0, 0.1) is 5.92 Å². The summed E-state index contributed by atoms with van der Waals surface area (Å²) in [5, 5.41) is 10.6. The molecule has 1 aliphatic carbocycles. The zero-order chi connectivity index (χ0) is 18.7. The Kier molecular flexibility index (Phi) is 5.65. The molecule has 2 amide bonds. The van der Waals surface area contributed by atoms with Crippen molar-refractivity contribution in [3.63, 3.8) is 0 Å². The molecule has 1 aliphatic heterocycles. The summed E-state index contributed by atoms with van der Waals surface area (Å²) in [7, 11) is 0. The molecule has 2 fully saturated rings. The Bertz CT molecular complexity index is 648. The van der Waals surface area contributed by atoms with E-state index in [1.165, 1.54) is 0 Å². The Balaban J connectivity index is 1.78. The van der Waals surface area contributed by atoms with Gasteiger partial charge in [0.25, 0.3) is 0 Å². The predicted octanol–water partition coefficient (Wildman–Crippen LogP) is 1.29. The van der Waals surface area contributed by atoms with Crippen LogP contribution in [0.1, 0.15) is 52.0 Å². The second-order valence-corrected chi connectivity index (χ2v) is 8.07. The van der Waals surface area contributed by atoms with Gasteiger partial charge < -0.3 is 10.6 Å². The van der Waals surface area contributed by atoms with Crippen LogP contribution < -0.4 is 10.6 Å². The number of nitrogens with zero attached hydrogens (tertiary/aromatic N) is 3. The molecule has 1 saturated carbocycles. The van der Waals surface area contributed by atoms with Crippen LogP contribution in [0.4, 0.5) is 0 Å². The van der Waals surface area contributed by atoms with Crippen LogP contribution in [0.3, 0.4) is 0 Å². The van der Waals surface area contributed by atoms with Crippen LogP contribution in [0.2, 0.25) is 0 Å². The molecule has 1 aromatic rings. The highest BCUT2D eigenvalue weighted by Crippen LogP contribution is 2.32. The van der Waals surface area contributed by atoms with E-state index in [0.29, 0.717) is 6.54 Å². The van der Waals surface area contributed by atoms with Crippen molar-refractivity contribution < 1.29 is 9.59 Å². The summed E-state index contributed by atoms with van der Waals surface area (Å²) in [6, 6.07) is -0.508. The molecule has 1 spiro atoms. The molecular weight excluding hydrogens is 330 g/mol. The van der Waals surface area contributed by atoms with E-state index in [1.807, 2.05) is 24.7 Å². The first-order chi connectivity index (χ1) is 12.4. The minimum absolute atomic E-state index is 0.0485. The molecule has 1 saturated heterocycles. The van der Waals surface area contributed by atoms with Gasteiger partial charge in [0.15, 0.2) is 0 Å². The lowest BCUT2D eigenvalue weighted by molar-refractivity contribution is -0.131. The van der Waals surface area contributed by atoms with Crippen molar-refractivity contribution in [1.29, 1.82) is 0 Å². The summed E-state index contributed by atoms with van der Waals surface area (Å²) in [5.74, 6) is -0.262. The second-order valence-electron chi connectivity index (χ2n) is 8.07. The SMILES string of the molecule is CCn1cc(CN2CC(NC(=O)C(C)C)C(=O)NC3(CCCC3)C2)cn1. The van der Waals surface area contributed by atoms with Gasteiger partial charge in [0, 0.05) is 43.9 Å². The summed E-state index contributed by atoms with van der Waals surface area (Å²) < 4.78 is 1.92. The minimum Gasteiger partial charge on any atom is -0.348 e. The van der Waals surface area contributed by atoms with Gasteiger partial charge in [-0.15, -0.1) is 0 Å². The van der Waals surface area contributed by atoms with Gasteiger partial charge in [-0.05, 0) is 19.8 Å². The number of aryl methyl sites for hydroxylation is 1. The van der Waals surface area contributed by atoms with E-state index in [-0.39, 0.29) is 23.3 Å². The topological polar surface area (TPSA) is 79.3 Å². The standard InChI is InChI=1S/C19H31N5O2/c1-4-24-11-15(9-20-24)10-23-12-16(21-17(25)14(2)3)18(26)22-19(13-23)7-5-6-8-19/h9,11,14,16H,4-8,10,12-13H2,1-3H3,(H,21,25)(H,22,26). The summed E-state index contributed by atoms with van der Waals surface area (Å²) in [6.07, 6.45) is 8.26. The van der Waals surface area contributed by atoms with Crippen molar-refractivity contribution in [3.05, 3.63) is 18.0 Å². The first kappa shape index (κ1) is 18.9. The van der Waals surface area contributed by atoms with Gasteiger partial charge in [-0.1, -0.05) is 26.7 Å². The summed E-state index contributed by atoms with van der Waals surface area (Å²) >= 11 is 0. The number of carbonyl (C=O) groups excluding carboxylic acids is 2. The third-order valence-electron chi connectivity index (χ3n) is 5.49. The van der Waals surface area contributed by atoms with Crippen LogP contribution in [0.5, 0.6) is 0 Å². The predicted molar refractivity (Wildman–Crippen MR) is 99.3 cm³/mol. The van der Waals surface area contributed by atoms with Crippen LogP contribution in [-0.2, 0) is 22.7 Å². The molecule has 1 atom stereocenters. The van der Waals surface area contributed by atoms with Gasteiger partial charge in [0.1, 0.15) is 6.04 Å². The van der Waals surface area contributed by atoms with Gasteiger partial charge in [-0.3, -0.25) is 19.2 Å². The number of carbonyl (C=O) groups is 2. The van der Waals surface area contributed by atoms with Crippen molar-refractivity contribution >= 4 is 11.8 Å². The van der Waals surface area contributed by atoms with E-state index in [0.717, 1.165) is 50.9 Å². The van der Waals surface area contributed by atoms with E-state index >= 15 is 0 Å². The van der Waals surface area contributed by atoms with Crippen molar-refractivity contribution in [1.82, 2.24) is 25.3 Å². The number of hydrogen-bond donors (Lipinski definition) is 2. The van der Waals surface area contributed by atoms with Crippen LogP contribution in [0.25, 0.3) is 0 Å². The normalized spacial score (nSPS) is 23.2. The largest absolute Gasteiger partial charge is 0.348 e. The molecule has 0 bridgehead atoms. The van der Waals surface area contributed by atoms with Crippen molar-refractivity contribution in [2.24, 2.45) is 5.92 Å². The van der Waals surface area contributed by atoms with Gasteiger partial charge in [0.2, 0.25) is 11.8 Å². The zero-order valence-electron chi connectivity index (χ0n) is 16.1. The van der Waals surface area contributed by atoms with Crippen LogP contribution in [-0.4, -0.2) is 51.2 Å². The third kappa shape index (κ3) is 4.26. The fourth-order valence-corrected chi connectivity index (χ4v) is 4.05. The molecule has 144 valence electrons. The van der Waals surface area contributed by atoms with Crippen molar-refractivity contribution in [3.8, 4) is 0 Å². The fraction of sp³-hybridized carbons (Fsp3) is 0.737. The summed E-state index contributed by atoms with van der Waals surface area (Å²) in [5.41, 5.74) is 0.984. The second kappa shape index (κ2) is 7.78. The number of nitrogens with one attached hydrogen (secondary N) is 2. The molecule has 0 radical (unpaired) electrons. The highest BCUT2D eigenvalue weighted by Gasteiger charge is 2.42. The Morgan fingerprint density at radius 1 is 1.42 bits per heavy atom. The van der Waals surface area contributed by atoms with Crippen LogP contribution >= 0.6 is 0 Å². The molecule has 3 rings (SSSR count). The van der Waals surface area contributed by atoms with E-state index in [4.69, 9.17) is 0 Å². The number of aromatic nitrogens is 2. The Labute approximate surface area is 155 Å². The molecule has 2 N–H and O–H groups in total. The number of rotatable bonds is 5. The van der Waals surface area contributed by atoms with Gasteiger partial charge in [-0.25, -0.2) is 0 Å². The van der Waals surface area contributed by atoms with Gasteiger partial charge in [-0.2, -0.15) is 5.10 Å². The molecular formula is C19H31N5O2. The minimum atomic E-state index is -0.508. The molecule has 26 heavy (non-hydrogen) atoms. The molecule has 2 heterocycles. The Morgan fingerprint density at radius 2 is 2.15 bits per heavy atom. The fourth-order valence-electron chi connectivity index (χ4n) is 4.05. The maximum Gasteiger partial charge on any atom is 0.244 e. The summed E-state index contributed by atoms with van der Waals surface area (Å²) in [6.45, 7) is 8.70. The first-order valence-electron chi connectivity index (χ1n) is 9.77. The molecule has 1 aromatic heterocycles. The lowest BCUT2D eigenvalue weighted by atomic mass is 9.97. The maximum atomic E-state index is 12.8.